The maximum atomic E-state index is 13.0. The van der Waals surface area contributed by atoms with Gasteiger partial charge in [0.1, 0.15) is 0 Å². The summed E-state index contributed by atoms with van der Waals surface area (Å²) in [7, 11) is 0. The van der Waals surface area contributed by atoms with Crippen molar-refractivity contribution in [3.05, 3.63) is 35.4 Å². The van der Waals surface area contributed by atoms with Crippen LogP contribution in [0, 0.1) is 12.3 Å². The van der Waals surface area contributed by atoms with E-state index < -0.39 is 5.41 Å². The van der Waals surface area contributed by atoms with Crippen LogP contribution in [0.4, 0.5) is 0 Å². The van der Waals surface area contributed by atoms with Gasteiger partial charge in [-0.3, -0.25) is 14.4 Å². The van der Waals surface area contributed by atoms with Gasteiger partial charge in [-0.05, 0) is 50.7 Å². The Labute approximate surface area is 166 Å². The summed E-state index contributed by atoms with van der Waals surface area (Å²) in [4.78, 5) is 41.1. The third kappa shape index (κ3) is 4.37. The quantitative estimate of drug-likeness (QED) is 0.704. The molecule has 1 aromatic rings. The number of ether oxygens (including phenoxy) is 1. The minimum Gasteiger partial charge on any atom is -0.466 e. The van der Waals surface area contributed by atoms with E-state index in [9.17, 15) is 14.4 Å². The smallest absolute Gasteiger partial charge is 0.314 e. The monoisotopic (exact) mass is 386 g/mol. The van der Waals surface area contributed by atoms with Crippen molar-refractivity contribution in [1.29, 1.82) is 0 Å². The number of carbonyl (C=O) groups excluding carboxylic acids is 3. The standard InChI is InChI=1S/C22H30N2O4/c1-3-28-21(27)22(14-18-9-5-4-8-17(18)2)11-7-13-24(16-22)20(26)15-23-12-6-10-19(23)25/h4-5,8-9H,3,6-7,10-16H2,1-2H3/t22-/m0/s1. The minimum absolute atomic E-state index is 0.0434. The Morgan fingerprint density at radius 3 is 2.64 bits per heavy atom. The summed E-state index contributed by atoms with van der Waals surface area (Å²) >= 11 is 0. The molecule has 6 nitrogen and oxygen atoms in total. The molecule has 0 saturated carbocycles. The van der Waals surface area contributed by atoms with Crippen LogP contribution in [-0.2, 0) is 25.5 Å². The van der Waals surface area contributed by atoms with Crippen LogP contribution in [0.2, 0.25) is 0 Å². The Morgan fingerprint density at radius 2 is 1.96 bits per heavy atom. The molecular formula is C22H30N2O4. The van der Waals surface area contributed by atoms with Gasteiger partial charge in [0.05, 0.1) is 18.6 Å². The number of piperidine rings is 1. The summed E-state index contributed by atoms with van der Waals surface area (Å²) in [6.07, 6.45) is 3.35. The van der Waals surface area contributed by atoms with Crippen LogP contribution >= 0.6 is 0 Å². The summed E-state index contributed by atoms with van der Waals surface area (Å²) in [5.74, 6) is -0.261. The van der Waals surface area contributed by atoms with Gasteiger partial charge in [0.25, 0.3) is 0 Å². The van der Waals surface area contributed by atoms with Gasteiger partial charge >= 0.3 is 5.97 Å². The van der Waals surface area contributed by atoms with Crippen molar-refractivity contribution in [3.8, 4) is 0 Å². The van der Waals surface area contributed by atoms with Crippen LogP contribution in [0.1, 0.15) is 43.7 Å². The van der Waals surface area contributed by atoms with E-state index in [2.05, 4.69) is 0 Å². The van der Waals surface area contributed by atoms with Crippen LogP contribution < -0.4 is 0 Å². The summed E-state index contributed by atoms with van der Waals surface area (Å²) in [6, 6.07) is 8.05. The molecule has 0 bridgehead atoms. The largest absolute Gasteiger partial charge is 0.466 e. The second-order valence-electron chi connectivity index (χ2n) is 7.94. The Bertz CT molecular complexity index is 748. The van der Waals surface area contributed by atoms with E-state index in [4.69, 9.17) is 4.74 Å². The van der Waals surface area contributed by atoms with Crippen molar-refractivity contribution in [3.63, 3.8) is 0 Å². The molecule has 1 aromatic carbocycles. The Kier molecular flexibility index (Phi) is 6.37. The van der Waals surface area contributed by atoms with Crippen LogP contribution in [0.5, 0.6) is 0 Å². The van der Waals surface area contributed by atoms with E-state index in [-0.39, 0.29) is 24.3 Å². The highest BCUT2D eigenvalue weighted by Crippen LogP contribution is 2.36. The van der Waals surface area contributed by atoms with Crippen molar-refractivity contribution in [1.82, 2.24) is 9.80 Å². The van der Waals surface area contributed by atoms with E-state index in [1.165, 1.54) is 0 Å². The zero-order valence-electron chi connectivity index (χ0n) is 16.9. The van der Waals surface area contributed by atoms with Crippen molar-refractivity contribution in [2.75, 3.05) is 32.8 Å². The van der Waals surface area contributed by atoms with Crippen molar-refractivity contribution in [2.45, 2.75) is 46.0 Å². The lowest BCUT2D eigenvalue weighted by Gasteiger charge is -2.41. The molecule has 0 N–H and O–H groups in total. The molecule has 2 amide bonds. The second-order valence-corrected chi connectivity index (χ2v) is 7.94. The molecule has 2 aliphatic heterocycles. The summed E-state index contributed by atoms with van der Waals surface area (Å²) in [5, 5.41) is 0. The lowest BCUT2D eigenvalue weighted by atomic mass is 9.74. The highest BCUT2D eigenvalue weighted by atomic mass is 16.5. The molecule has 0 spiro atoms. The van der Waals surface area contributed by atoms with Gasteiger partial charge in [-0.25, -0.2) is 0 Å². The zero-order valence-corrected chi connectivity index (χ0v) is 16.9. The molecule has 0 unspecified atom stereocenters. The normalized spacial score (nSPS) is 22.4. The Hall–Kier alpha value is -2.37. The molecule has 0 radical (unpaired) electrons. The minimum atomic E-state index is -0.731. The Balaban J connectivity index is 1.79. The fraction of sp³-hybridized carbons (Fsp3) is 0.591. The molecule has 2 fully saturated rings. The number of hydrogen-bond donors (Lipinski definition) is 0. The first-order valence-electron chi connectivity index (χ1n) is 10.2. The van der Waals surface area contributed by atoms with Gasteiger partial charge < -0.3 is 14.5 Å². The number of rotatable bonds is 6. The lowest BCUT2D eigenvalue weighted by molar-refractivity contribution is -0.161. The second kappa shape index (κ2) is 8.76. The molecule has 28 heavy (non-hydrogen) atoms. The number of esters is 1. The van der Waals surface area contributed by atoms with Crippen LogP contribution in [0.3, 0.4) is 0 Å². The van der Waals surface area contributed by atoms with E-state index >= 15 is 0 Å². The molecular weight excluding hydrogens is 356 g/mol. The van der Waals surface area contributed by atoms with E-state index in [0.29, 0.717) is 45.5 Å². The average Bonchev–Trinajstić information content (AvgIpc) is 3.08. The number of carbonyl (C=O) groups is 3. The fourth-order valence-corrected chi connectivity index (χ4v) is 4.32. The third-order valence-corrected chi connectivity index (χ3v) is 5.93. The molecule has 0 aliphatic carbocycles. The number of hydrogen-bond acceptors (Lipinski definition) is 4. The first kappa shape index (κ1) is 20.4. The van der Waals surface area contributed by atoms with Crippen LogP contribution in [0.25, 0.3) is 0 Å². The molecule has 152 valence electrons. The molecule has 3 rings (SSSR count). The maximum Gasteiger partial charge on any atom is 0.314 e. The summed E-state index contributed by atoms with van der Waals surface area (Å²) < 4.78 is 5.43. The first-order chi connectivity index (χ1) is 13.4. The van der Waals surface area contributed by atoms with Gasteiger partial charge in [-0.15, -0.1) is 0 Å². The molecule has 6 heteroatoms. The highest BCUT2D eigenvalue weighted by molar-refractivity contribution is 5.86. The molecule has 2 heterocycles. The molecule has 0 aromatic heterocycles. The lowest BCUT2D eigenvalue weighted by Crippen LogP contribution is -2.53. The van der Waals surface area contributed by atoms with Crippen LogP contribution in [0.15, 0.2) is 24.3 Å². The molecule has 2 aliphatic rings. The van der Waals surface area contributed by atoms with Gasteiger partial charge in [0.2, 0.25) is 11.8 Å². The summed E-state index contributed by atoms with van der Waals surface area (Å²) in [6.45, 7) is 5.90. The van der Waals surface area contributed by atoms with Gasteiger partial charge in [-0.2, -0.15) is 0 Å². The topological polar surface area (TPSA) is 66.9 Å². The third-order valence-electron chi connectivity index (χ3n) is 5.93. The molecule has 2 saturated heterocycles. The number of aryl methyl sites for hydroxylation is 1. The predicted octanol–water partition coefficient (Wildman–Crippen LogP) is 2.33. The first-order valence-corrected chi connectivity index (χ1v) is 10.2. The van der Waals surface area contributed by atoms with E-state index in [0.717, 1.165) is 24.0 Å². The number of benzene rings is 1. The average molecular weight is 386 g/mol. The van der Waals surface area contributed by atoms with Gasteiger partial charge in [-0.1, -0.05) is 24.3 Å². The maximum absolute atomic E-state index is 13.0. The number of likely N-dealkylation sites (tertiary alicyclic amines) is 2. The van der Waals surface area contributed by atoms with E-state index in [1.54, 1.807) is 9.80 Å². The number of amides is 2. The Morgan fingerprint density at radius 1 is 1.18 bits per heavy atom. The predicted molar refractivity (Wildman–Crippen MR) is 106 cm³/mol. The zero-order chi connectivity index (χ0) is 20.1. The van der Waals surface area contributed by atoms with Crippen molar-refractivity contribution in [2.24, 2.45) is 5.41 Å². The van der Waals surface area contributed by atoms with Crippen molar-refractivity contribution >= 4 is 17.8 Å². The van der Waals surface area contributed by atoms with Crippen molar-refractivity contribution < 1.29 is 19.1 Å². The molecule has 1 atom stereocenters. The van der Waals surface area contributed by atoms with E-state index in [1.807, 2.05) is 38.1 Å². The van der Waals surface area contributed by atoms with Crippen LogP contribution in [-0.4, -0.2) is 60.4 Å². The highest BCUT2D eigenvalue weighted by Gasteiger charge is 2.45. The van der Waals surface area contributed by atoms with Gasteiger partial charge in [0, 0.05) is 26.1 Å². The summed E-state index contributed by atoms with van der Waals surface area (Å²) in [5.41, 5.74) is 1.52. The number of nitrogens with zero attached hydrogens (tertiary/aromatic N) is 2. The fourth-order valence-electron chi connectivity index (χ4n) is 4.32. The SMILES string of the molecule is CCOC(=O)[C@]1(Cc2ccccc2C)CCCN(C(=O)CN2CCCC2=O)C1. The van der Waals surface area contributed by atoms with Gasteiger partial charge in [0.15, 0.2) is 0 Å².